The van der Waals surface area contributed by atoms with Crippen LogP contribution in [-0.4, -0.2) is 35.6 Å². The summed E-state index contributed by atoms with van der Waals surface area (Å²) in [4.78, 5) is 43.5. The maximum absolute atomic E-state index is 12.5. The fourth-order valence-electron chi connectivity index (χ4n) is 2.48. The third-order valence-electron chi connectivity index (χ3n) is 3.77. The molecule has 3 aromatic heterocycles. The van der Waals surface area contributed by atoms with Crippen LogP contribution in [-0.2, 0) is 9.47 Å². The van der Waals surface area contributed by atoms with Crippen LogP contribution in [0.5, 0.6) is 0 Å². The van der Waals surface area contributed by atoms with Crippen molar-refractivity contribution >= 4 is 56.2 Å². The molecule has 0 saturated heterocycles. The molecule has 1 N–H and O–H groups in total. The second kappa shape index (κ2) is 7.99. The number of nitrogens with zero attached hydrogens (tertiary/aromatic N) is 1. The quantitative estimate of drug-likeness (QED) is 0.625. The number of hydrogen-bond donors (Lipinski definition) is 1. The zero-order valence-corrected chi connectivity index (χ0v) is 16.7. The van der Waals surface area contributed by atoms with Gasteiger partial charge in [0.1, 0.15) is 15.5 Å². The van der Waals surface area contributed by atoms with E-state index in [0.29, 0.717) is 20.7 Å². The van der Waals surface area contributed by atoms with Gasteiger partial charge in [-0.15, -0.1) is 11.3 Å². The van der Waals surface area contributed by atoms with Crippen molar-refractivity contribution in [3.05, 3.63) is 50.3 Å². The first-order valence-corrected chi connectivity index (χ1v) is 9.31. The second-order valence-electron chi connectivity index (χ2n) is 5.56. The maximum Gasteiger partial charge on any atom is 0.374 e. The van der Waals surface area contributed by atoms with Gasteiger partial charge in [0, 0.05) is 6.08 Å². The Morgan fingerprint density at radius 3 is 2.79 bits per heavy atom. The smallest absolute Gasteiger partial charge is 0.374 e. The predicted molar refractivity (Wildman–Crippen MR) is 105 cm³/mol. The fraction of sp³-hybridized carbons (Fsp3) is 0.222. The lowest BCUT2D eigenvalue weighted by atomic mass is 10.2. The first-order chi connectivity index (χ1) is 13.3. The van der Waals surface area contributed by atoms with E-state index in [9.17, 15) is 14.4 Å². The Balaban J connectivity index is 1.99. The maximum atomic E-state index is 12.5. The first kappa shape index (κ1) is 19.8. The molecule has 0 aliphatic heterocycles. The molecule has 3 aromatic rings. The molecule has 28 heavy (non-hydrogen) atoms. The van der Waals surface area contributed by atoms with Crippen LogP contribution in [0, 0.1) is 6.92 Å². The van der Waals surface area contributed by atoms with Crippen molar-refractivity contribution in [1.82, 2.24) is 9.97 Å². The summed E-state index contributed by atoms with van der Waals surface area (Å²) in [6.07, 6.45) is 1.41. The Bertz CT molecular complexity index is 1160. The molecule has 0 amide bonds. The number of ether oxygens (including phenoxy) is 2. The minimum atomic E-state index is -0.587. The van der Waals surface area contributed by atoms with Crippen LogP contribution in [0.3, 0.4) is 0 Å². The van der Waals surface area contributed by atoms with Crippen molar-refractivity contribution < 1.29 is 23.5 Å². The van der Waals surface area contributed by atoms with Crippen molar-refractivity contribution in [2.24, 2.45) is 0 Å². The summed E-state index contributed by atoms with van der Waals surface area (Å²) in [6, 6.07) is 2.99. The van der Waals surface area contributed by atoms with Crippen molar-refractivity contribution in [2.45, 2.75) is 13.8 Å². The van der Waals surface area contributed by atoms with Crippen molar-refractivity contribution in [3.8, 4) is 0 Å². The van der Waals surface area contributed by atoms with Crippen LogP contribution in [0.1, 0.15) is 44.3 Å². The summed E-state index contributed by atoms with van der Waals surface area (Å²) in [5, 5.41) is 0.399. The van der Waals surface area contributed by atoms with Crippen LogP contribution in [0.4, 0.5) is 0 Å². The van der Waals surface area contributed by atoms with Gasteiger partial charge < -0.3 is 18.9 Å². The monoisotopic (exact) mass is 422 g/mol. The number of aromatic nitrogens is 2. The Hall–Kier alpha value is -2.91. The van der Waals surface area contributed by atoms with Crippen LogP contribution in [0.2, 0.25) is 0 Å². The second-order valence-corrected chi connectivity index (χ2v) is 6.96. The Kier molecular flexibility index (Phi) is 5.66. The third kappa shape index (κ3) is 3.71. The Morgan fingerprint density at radius 1 is 1.36 bits per heavy atom. The lowest BCUT2D eigenvalue weighted by molar-refractivity contribution is 0.0489. The number of carbonyl (C=O) groups excluding carboxylic acids is 2. The van der Waals surface area contributed by atoms with Crippen molar-refractivity contribution in [1.29, 1.82) is 0 Å². The standard InChI is InChI=1S/C18H15ClN2O6S/c1-4-26-17(23)11-6-5-9(27-11)7-10(19)14-20-15(22)12-8(2)13(18(24)25-3)28-16(12)21-14/h5-7H,4H2,1-3H3,(H,20,21,22)/b10-7-. The van der Waals surface area contributed by atoms with Gasteiger partial charge in [-0.1, -0.05) is 11.6 Å². The lowest BCUT2D eigenvalue weighted by Crippen LogP contribution is -2.10. The summed E-state index contributed by atoms with van der Waals surface area (Å²) in [7, 11) is 1.27. The van der Waals surface area contributed by atoms with Gasteiger partial charge in [0.25, 0.3) is 5.56 Å². The van der Waals surface area contributed by atoms with Gasteiger partial charge in [0.2, 0.25) is 5.76 Å². The number of aromatic amines is 1. The number of hydrogen-bond acceptors (Lipinski definition) is 8. The molecule has 3 rings (SSSR count). The summed E-state index contributed by atoms with van der Waals surface area (Å²) in [5.41, 5.74) is 0.0690. The Labute approximate surface area is 167 Å². The molecule has 0 spiro atoms. The molecule has 0 aliphatic carbocycles. The molecule has 0 fully saturated rings. The number of thiophene rings is 1. The van der Waals surface area contributed by atoms with Gasteiger partial charge in [0.05, 0.1) is 24.1 Å². The minimum Gasteiger partial charge on any atom is -0.465 e. The molecule has 8 nitrogen and oxygen atoms in total. The number of H-pyrrole nitrogens is 1. The molecule has 0 aliphatic rings. The number of carbonyl (C=O) groups is 2. The summed E-state index contributed by atoms with van der Waals surface area (Å²) >= 11 is 7.31. The largest absolute Gasteiger partial charge is 0.465 e. The van der Waals surface area contributed by atoms with E-state index in [1.54, 1.807) is 13.8 Å². The van der Waals surface area contributed by atoms with E-state index in [1.165, 1.54) is 25.3 Å². The van der Waals surface area contributed by atoms with Gasteiger partial charge in [0.15, 0.2) is 5.82 Å². The van der Waals surface area contributed by atoms with E-state index in [2.05, 4.69) is 9.97 Å². The normalized spacial score (nSPS) is 11.6. The highest BCUT2D eigenvalue weighted by Crippen LogP contribution is 2.29. The molecule has 3 heterocycles. The Morgan fingerprint density at radius 2 is 2.11 bits per heavy atom. The fourth-order valence-corrected chi connectivity index (χ4v) is 3.78. The number of nitrogens with one attached hydrogen (secondary N) is 1. The van der Waals surface area contributed by atoms with Crippen LogP contribution < -0.4 is 5.56 Å². The zero-order chi connectivity index (χ0) is 20.4. The first-order valence-electron chi connectivity index (χ1n) is 8.12. The van der Waals surface area contributed by atoms with E-state index in [-0.39, 0.29) is 29.0 Å². The van der Waals surface area contributed by atoms with Crippen LogP contribution >= 0.6 is 22.9 Å². The summed E-state index contributed by atoms with van der Waals surface area (Å²) in [5.74, 6) is -0.703. The molecule has 0 unspecified atom stereocenters. The average molecular weight is 423 g/mol. The van der Waals surface area contributed by atoms with E-state index >= 15 is 0 Å². The SMILES string of the molecule is CCOC(=O)c1ccc(/C=C(\Cl)c2nc3sc(C(=O)OC)c(C)c3c(=O)[nH]2)o1. The predicted octanol–water partition coefficient (Wildman–Crippen LogP) is 3.59. The highest BCUT2D eigenvalue weighted by molar-refractivity contribution is 7.20. The topological polar surface area (TPSA) is 111 Å². The molecule has 0 aromatic carbocycles. The number of halogens is 1. The average Bonchev–Trinajstić information content (AvgIpc) is 3.26. The van der Waals surface area contributed by atoms with Crippen LogP contribution in [0.15, 0.2) is 21.3 Å². The lowest BCUT2D eigenvalue weighted by Gasteiger charge is -1.99. The molecule has 10 heteroatoms. The number of fused-ring (bicyclic) bond motifs is 1. The number of aryl methyl sites for hydroxylation is 1. The number of furan rings is 1. The highest BCUT2D eigenvalue weighted by Gasteiger charge is 2.20. The summed E-state index contributed by atoms with van der Waals surface area (Å²) in [6.45, 7) is 3.57. The minimum absolute atomic E-state index is 0.0334. The van der Waals surface area contributed by atoms with E-state index in [4.69, 9.17) is 25.5 Å². The molecular formula is C18H15ClN2O6S. The van der Waals surface area contributed by atoms with Gasteiger partial charge in [-0.25, -0.2) is 14.6 Å². The van der Waals surface area contributed by atoms with Crippen molar-refractivity contribution in [2.75, 3.05) is 13.7 Å². The molecular weight excluding hydrogens is 408 g/mol. The molecule has 0 bridgehead atoms. The van der Waals surface area contributed by atoms with E-state index < -0.39 is 17.5 Å². The molecule has 0 atom stereocenters. The van der Waals surface area contributed by atoms with E-state index in [0.717, 1.165) is 11.3 Å². The van der Waals surface area contributed by atoms with Gasteiger partial charge in [-0.05, 0) is 31.5 Å². The highest BCUT2D eigenvalue weighted by atomic mass is 35.5. The van der Waals surface area contributed by atoms with Crippen molar-refractivity contribution in [3.63, 3.8) is 0 Å². The zero-order valence-electron chi connectivity index (χ0n) is 15.1. The molecule has 0 saturated carbocycles. The van der Waals surface area contributed by atoms with Gasteiger partial charge in [-0.2, -0.15) is 0 Å². The molecule has 146 valence electrons. The number of esters is 2. The number of methoxy groups -OCH3 is 1. The number of rotatable bonds is 5. The van der Waals surface area contributed by atoms with Gasteiger partial charge >= 0.3 is 11.9 Å². The van der Waals surface area contributed by atoms with Gasteiger partial charge in [-0.3, -0.25) is 4.79 Å². The van der Waals surface area contributed by atoms with E-state index in [1.807, 2.05) is 0 Å². The third-order valence-corrected chi connectivity index (χ3v) is 5.22. The molecule has 0 radical (unpaired) electrons. The summed E-state index contributed by atoms with van der Waals surface area (Å²) < 4.78 is 14.9. The van der Waals surface area contributed by atoms with Crippen LogP contribution in [0.25, 0.3) is 21.3 Å².